The van der Waals surface area contributed by atoms with E-state index < -0.39 is 5.03 Å². The zero-order chi connectivity index (χ0) is 24.1. The SMILES string of the molecule is CCCCC(N[N+](=O)[O-])C(C)COC1CCC(c2ccccc2)CC1.Cc1cnc(C)cn1. The summed E-state index contributed by atoms with van der Waals surface area (Å²) < 4.78 is 6.11. The Morgan fingerprint density at radius 2 is 1.70 bits per heavy atom. The summed E-state index contributed by atoms with van der Waals surface area (Å²) in [6, 6.07) is 10.6. The summed E-state index contributed by atoms with van der Waals surface area (Å²) >= 11 is 0. The molecule has 0 saturated heterocycles. The number of hydrogen-bond donors (Lipinski definition) is 1. The quantitative estimate of drug-likeness (QED) is 0.359. The second-order valence-electron chi connectivity index (χ2n) is 9.13. The summed E-state index contributed by atoms with van der Waals surface area (Å²) in [7, 11) is 0. The number of nitrogens with zero attached hydrogens (tertiary/aromatic N) is 3. The van der Waals surface area contributed by atoms with E-state index in [9.17, 15) is 10.1 Å². The summed E-state index contributed by atoms with van der Waals surface area (Å²) in [4.78, 5) is 18.8. The zero-order valence-corrected chi connectivity index (χ0v) is 20.6. The number of rotatable bonds is 10. The molecule has 1 heterocycles. The molecule has 1 aliphatic carbocycles. The van der Waals surface area contributed by atoms with Crippen molar-refractivity contribution in [3.63, 3.8) is 0 Å². The Morgan fingerprint density at radius 1 is 1.09 bits per heavy atom. The minimum absolute atomic E-state index is 0.115. The van der Waals surface area contributed by atoms with Gasteiger partial charge in [0, 0.05) is 18.3 Å². The maximum absolute atomic E-state index is 10.8. The fourth-order valence-electron chi connectivity index (χ4n) is 4.18. The molecule has 1 N–H and O–H groups in total. The Balaban J connectivity index is 0.000000405. The van der Waals surface area contributed by atoms with Crippen LogP contribution in [0.15, 0.2) is 42.7 Å². The first kappa shape index (κ1) is 26.7. The first-order valence-corrected chi connectivity index (χ1v) is 12.2. The normalized spacial score (nSPS) is 19.6. The lowest BCUT2D eigenvalue weighted by molar-refractivity contribution is -0.553. The standard InChI is InChI=1S/C20H32N2O3.C6H8N2/c1-3-4-10-20(21-22(23)24)16(2)15-25-19-13-11-18(12-14-19)17-8-6-5-7-9-17;1-5-3-8-6(2)4-7-5/h5-9,16,18-21H,3-4,10-15H2,1-2H3;3-4H,1-2H3. The minimum Gasteiger partial charge on any atom is -0.378 e. The summed E-state index contributed by atoms with van der Waals surface area (Å²) in [5, 5.41) is 10.4. The second kappa shape index (κ2) is 14.6. The number of aryl methyl sites for hydroxylation is 2. The van der Waals surface area contributed by atoms with Crippen LogP contribution in [-0.4, -0.2) is 33.8 Å². The maximum atomic E-state index is 10.8. The summed E-state index contributed by atoms with van der Waals surface area (Å²) in [6.45, 7) is 8.59. The highest BCUT2D eigenvalue weighted by Gasteiger charge is 2.26. The van der Waals surface area contributed by atoms with Crippen molar-refractivity contribution in [2.24, 2.45) is 5.92 Å². The van der Waals surface area contributed by atoms with E-state index in [1.54, 1.807) is 12.4 Å². The average molecular weight is 457 g/mol. The first-order valence-electron chi connectivity index (χ1n) is 12.2. The van der Waals surface area contributed by atoms with Crippen molar-refractivity contribution in [2.45, 2.75) is 90.7 Å². The molecule has 182 valence electrons. The van der Waals surface area contributed by atoms with E-state index in [0.29, 0.717) is 18.6 Å². The molecular weight excluding hydrogens is 416 g/mol. The minimum atomic E-state index is -0.415. The van der Waals surface area contributed by atoms with Crippen LogP contribution in [-0.2, 0) is 4.74 Å². The molecule has 33 heavy (non-hydrogen) atoms. The summed E-state index contributed by atoms with van der Waals surface area (Å²) in [6.07, 6.45) is 11.2. The van der Waals surface area contributed by atoms with E-state index in [1.165, 1.54) is 5.56 Å². The van der Waals surface area contributed by atoms with Crippen LogP contribution < -0.4 is 5.43 Å². The first-order chi connectivity index (χ1) is 15.9. The molecule has 0 amide bonds. The number of benzene rings is 1. The number of hydrazine groups is 1. The molecule has 7 nitrogen and oxygen atoms in total. The van der Waals surface area contributed by atoms with Gasteiger partial charge < -0.3 is 4.74 Å². The van der Waals surface area contributed by atoms with Crippen LogP contribution in [0.1, 0.15) is 81.7 Å². The third-order valence-electron chi connectivity index (χ3n) is 6.28. The van der Waals surface area contributed by atoms with Gasteiger partial charge >= 0.3 is 0 Å². The van der Waals surface area contributed by atoms with Gasteiger partial charge in [0.2, 0.25) is 0 Å². The molecule has 0 bridgehead atoms. The molecule has 2 unspecified atom stereocenters. The van der Waals surface area contributed by atoms with Crippen molar-refractivity contribution < 1.29 is 9.77 Å². The van der Waals surface area contributed by atoms with E-state index in [0.717, 1.165) is 56.3 Å². The lowest BCUT2D eigenvalue weighted by Gasteiger charge is -2.30. The van der Waals surface area contributed by atoms with Gasteiger partial charge in [-0.25, -0.2) is 10.1 Å². The van der Waals surface area contributed by atoms with Crippen molar-refractivity contribution in [1.82, 2.24) is 15.4 Å². The van der Waals surface area contributed by atoms with Crippen LogP contribution in [0.2, 0.25) is 0 Å². The topological polar surface area (TPSA) is 90.2 Å². The number of nitrogens with one attached hydrogen (secondary N) is 1. The molecule has 0 radical (unpaired) electrons. The van der Waals surface area contributed by atoms with E-state index in [1.807, 2.05) is 20.8 Å². The van der Waals surface area contributed by atoms with Gasteiger partial charge in [-0.2, -0.15) is 0 Å². The van der Waals surface area contributed by atoms with Crippen LogP contribution in [0.5, 0.6) is 0 Å². The third-order valence-corrected chi connectivity index (χ3v) is 6.28. The Hall–Kier alpha value is -2.54. The lowest BCUT2D eigenvalue weighted by atomic mass is 9.83. The van der Waals surface area contributed by atoms with Crippen LogP contribution >= 0.6 is 0 Å². The molecule has 3 rings (SSSR count). The number of unbranched alkanes of at least 4 members (excludes halogenated alkanes) is 1. The van der Waals surface area contributed by atoms with Crippen molar-refractivity contribution in [1.29, 1.82) is 0 Å². The maximum Gasteiger partial charge on any atom is 0.157 e. The highest BCUT2D eigenvalue weighted by Crippen LogP contribution is 2.34. The Kier molecular flexibility index (Phi) is 11.8. The Bertz CT molecular complexity index is 772. The molecule has 1 aromatic heterocycles. The fraction of sp³-hybridized carbons (Fsp3) is 0.615. The molecule has 1 aliphatic rings. The van der Waals surface area contributed by atoms with E-state index >= 15 is 0 Å². The fourth-order valence-corrected chi connectivity index (χ4v) is 4.18. The lowest BCUT2D eigenvalue weighted by Crippen LogP contribution is -2.41. The van der Waals surface area contributed by atoms with Gasteiger partial charge in [-0.15, -0.1) is 5.43 Å². The largest absolute Gasteiger partial charge is 0.378 e. The van der Waals surface area contributed by atoms with Gasteiger partial charge in [0.25, 0.3) is 0 Å². The van der Waals surface area contributed by atoms with Gasteiger partial charge in [0.1, 0.15) is 0 Å². The summed E-state index contributed by atoms with van der Waals surface area (Å²) in [5.74, 6) is 0.788. The van der Waals surface area contributed by atoms with Crippen molar-refractivity contribution >= 4 is 0 Å². The highest BCUT2D eigenvalue weighted by atomic mass is 16.7. The van der Waals surface area contributed by atoms with Gasteiger partial charge in [-0.1, -0.05) is 57.0 Å². The van der Waals surface area contributed by atoms with Gasteiger partial charge in [-0.05, 0) is 57.4 Å². The predicted octanol–water partition coefficient (Wildman–Crippen LogP) is 5.80. The van der Waals surface area contributed by atoms with Gasteiger partial charge in [-0.3, -0.25) is 9.97 Å². The monoisotopic (exact) mass is 456 g/mol. The van der Waals surface area contributed by atoms with Crippen molar-refractivity contribution in [3.8, 4) is 0 Å². The Morgan fingerprint density at radius 3 is 2.21 bits per heavy atom. The number of hydrogen-bond acceptors (Lipinski definition) is 5. The molecule has 1 saturated carbocycles. The van der Waals surface area contributed by atoms with Crippen LogP contribution in [0, 0.1) is 29.9 Å². The third kappa shape index (κ3) is 10.3. The molecule has 0 spiro atoms. The molecular formula is C26H40N4O3. The van der Waals surface area contributed by atoms with E-state index in [-0.39, 0.29) is 12.0 Å². The number of nitro groups is 1. The van der Waals surface area contributed by atoms with Crippen molar-refractivity contribution in [3.05, 3.63) is 69.8 Å². The van der Waals surface area contributed by atoms with Gasteiger partial charge in [0.15, 0.2) is 5.03 Å². The molecule has 1 fully saturated rings. The predicted molar refractivity (Wildman–Crippen MR) is 132 cm³/mol. The van der Waals surface area contributed by atoms with Crippen LogP contribution in [0.25, 0.3) is 0 Å². The highest BCUT2D eigenvalue weighted by molar-refractivity contribution is 5.19. The van der Waals surface area contributed by atoms with Gasteiger partial charge in [0.05, 0.1) is 30.1 Å². The van der Waals surface area contributed by atoms with Crippen LogP contribution in [0.4, 0.5) is 0 Å². The number of ether oxygens (including phenoxy) is 1. The molecule has 7 heteroatoms. The van der Waals surface area contributed by atoms with E-state index in [2.05, 4.69) is 52.6 Å². The second-order valence-corrected chi connectivity index (χ2v) is 9.13. The average Bonchev–Trinajstić information content (AvgIpc) is 2.83. The van der Waals surface area contributed by atoms with E-state index in [4.69, 9.17) is 4.74 Å². The van der Waals surface area contributed by atoms with Crippen LogP contribution in [0.3, 0.4) is 0 Å². The smallest absolute Gasteiger partial charge is 0.157 e. The van der Waals surface area contributed by atoms with Crippen molar-refractivity contribution in [2.75, 3.05) is 6.61 Å². The molecule has 0 aliphatic heterocycles. The molecule has 2 atom stereocenters. The molecule has 2 aromatic rings. The number of aromatic nitrogens is 2. The summed E-state index contributed by atoms with van der Waals surface area (Å²) in [5.41, 5.74) is 5.84. The zero-order valence-electron chi connectivity index (χ0n) is 20.6. The Labute approximate surface area is 198 Å². The molecule has 1 aromatic carbocycles.